The van der Waals surface area contributed by atoms with E-state index >= 15 is 0 Å². The van der Waals surface area contributed by atoms with Gasteiger partial charge in [-0.05, 0) is 12.3 Å². The van der Waals surface area contributed by atoms with Crippen LogP contribution in [0.1, 0.15) is 29.8 Å². The van der Waals surface area contributed by atoms with Gasteiger partial charge in [-0.2, -0.15) is 5.10 Å². The summed E-state index contributed by atoms with van der Waals surface area (Å²) in [5.41, 5.74) is 10.8. The van der Waals surface area contributed by atoms with Crippen LogP contribution in [0.15, 0.2) is 6.20 Å². The summed E-state index contributed by atoms with van der Waals surface area (Å²) in [5, 5.41) is 3.89. The smallest absolute Gasteiger partial charge is 0.271 e. The largest absolute Gasteiger partial charge is 0.396 e. The number of aromatic nitrogens is 2. The molecule has 1 heterocycles. The van der Waals surface area contributed by atoms with Crippen molar-refractivity contribution >= 4 is 11.6 Å². The van der Waals surface area contributed by atoms with E-state index in [2.05, 4.69) is 5.10 Å². The number of hydrogen-bond donors (Lipinski definition) is 2. The zero-order chi connectivity index (χ0) is 12.6. The molecule has 0 aromatic carbocycles. The van der Waals surface area contributed by atoms with Crippen LogP contribution in [0.25, 0.3) is 0 Å². The van der Waals surface area contributed by atoms with E-state index in [1.54, 1.807) is 0 Å². The van der Waals surface area contributed by atoms with Gasteiger partial charge in [0.25, 0.3) is 5.91 Å². The summed E-state index contributed by atoms with van der Waals surface area (Å²) in [6, 6.07) is 0. The first-order chi connectivity index (χ1) is 7.87. The predicted molar refractivity (Wildman–Crippen MR) is 57.4 cm³/mol. The van der Waals surface area contributed by atoms with Gasteiger partial charge >= 0.3 is 0 Å². The SMILES string of the molecule is NC(=O)c1nn(CC2CCC(F)(F)C2)cc1N. The third-order valence-corrected chi connectivity index (χ3v) is 2.97. The van der Waals surface area contributed by atoms with Gasteiger partial charge in [0.2, 0.25) is 5.92 Å². The van der Waals surface area contributed by atoms with Crippen molar-refractivity contribution in [1.29, 1.82) is 0 Å². The van der Waals surface area contributed by atoms with E-state index in [0.29, 0.717) is 13.0 Å². The Kier molecular flexibility index (Phi) is 2.76. The summed E-state index contributed by atoms with van der Waals surface area (Å²) in [6.07, 6.45) is 1.69. The second kappa shape index (κ2) is 3.97. The lowest BCUT2D eigenvalue weighted by Gasteiger charge is -2.10. The molecule has 1 amide bonds. The molecule has 0 aliphatic heterocycles. The summed E-state index contributed by atoms with van der Waals surface area (Å²) in [7, 11) is 0. The fourth-order valence-electron chi connectivity index (χ4n) is 2.18. The number of nitrogens with two attached hydrogens (primary N) is 2. The second-order valence-corrected chi connectivity index (χ2v) is 4.48. The van der Waals surface area contributed by atoms with Gasteiger partial charge in [0.1, 0.15) is 0 Å². The average molecular weight is 244 g/mol. The minimum atomic E-state index is -2.57. The molecule has 17 heavy (non-hydrogen) atoms. The Balaban J connectivity index is 2.05. The number of amides is 1. The minimum Gasteiger partial charge on any atom is -0.396 e. The van der Waals surface area contributed by atoms with E-state index in [0.717, 1.165) is 0 Å². The Labute approximate surface area is 96.8 Å². The first kappa shape index (κ1) is 11.8. The Hall–Kier alpha value is -1.66. The molecule has 0 bridgehead atoms. The lowest BCUT2D eigenvalue weighted by molar-refractivity contribution is 0.00421. The van der Waals surface area contributed by atoms with Crippen molar-refractivity contribution in [3.8, 4) is 0 Å². The molecule has 1 atom stereocenters. The summed E-state index contributed by atoms with van der Waals surface area (Å²) in [5.74, 6) is -3.42. The van der Waals surface area contributed by atoms with E-state index in [1.165, 1.54) is 10.9 Å². The number of anilines is 1. The van der Waals surface area contributed by atoms with Crippen molar-refractivity contribution in [2.24, 2.45) is 11.7 Å². The first-order valence-corrected chi connectivity index (χ1v) is 5.38. The van der Waals surface area contributed by atoms with Crippen molar-refractivity contribution in [3.63, 3.8) is 0 Å². The van der Waals surface area contributed by atoms with E-state index in [4.69, 9.17) is 11.5 Å². The Morgan fingerprint density at radius 2 is 2.35 bits per heavy atom. The highest BCUT2D eigenvalue weighted by molar-refractivity contribution is 5.95. The number of nitrogen functional groups attached to an aromatic ring is 1. The van der Waals surface area contributed by atoms with Crippen molar-refractivity contribution < 1.29 is 13.6 Å². The number of rotatable bonds is 3. The Morgan fingerprint density at radius 1 is 1.65 bits per heavy atom. The van der Waals surface area contributed by atoms with Crippen LogP contribution in [-0.2, 0) is 6.54 Å². The van der Waals surface area contributed by atoms with Gasteiger partial charge < -0.3 is 11.5 Å². The van der Waals surface area contributed by atoms with Crippen LogP contribution in [-0.4, -0.2) is 21.6 Å². The lowest BCUT2D eigenvalue weighted by Crippen LogP contribution is -2.16. The van der Waals surface area contributed by atoms with Gasteiger partial charge in [0.15, 0.2) is 5.69 Å². The minimum absolute atomic E-state index is 0.00485. The monoisotopic (exact) mass is 244 g/mol. The molecule has 1 fully saturated rings. The molecule has 1 aliphatic rings. The van der Waals surface area contributed by atoms with Gasteiger partial charge in [-0.15, -0.1) is 0 Å². The zero-order valence-electron chi connectivity index (χ0n) is 9.20. The van der Waals surface area contributed by atoms with E-state index in [-0.39, 0.29) is 30.1 Å². The van der Waals surface area contributed by atoms with Crippen LogP contribution in [0.2, 0.25) is 0 Å². The first-order valence-electron chi connectivity index (χ1n) is 5.38. The van der Waals surface area contributed by atoms with Crippen molar-refractivity contribution in [1.82, 2.24) is 9.78 Å². The number of carbonyl (C=O) groups excluding carboxylic acids is 1. The fraction of sp³-hybridized carbons (Fsp3) is 0.600. The molecule has 1 aliphatic carbocycles. The maximum atomic E-state index is 13.0. The van der Waals surface area contributed by atoms with E-state index in [1.807, 2.05) is 0 Å². The maximum absolute atomic E-state index is 13.0. The van der Waals surface area contributed by atoms with E-state index < -0.39 is 11.8 Å². The molecular weight excluding hydrogens is 230 g/mol. The van der Waals surface area contributed by atoms with Gasteiger partial charge in [-0.1, -0.05) is 0 Å². The van der Waals surface area contributed by atoms with Crippen LogP contribution in [0.4, 0.5) is 14.5 Å². The normalized spacial score (nSPS) is 22.8. The van der Waals surface area contributed by atoms with Crippen LogP contribution >= 0.6 is 0 Å². The molecular formula is C10H14F2N4O. The average Bonchev–Trinajstić information content (AvgIpc) is 2.70. The third kappa shape index (κ3) is 2.54. The Bertz CT molecular complexity index is 444. The molecule has 2 rings (SSSR count). The number of hydrogen-bond acceptors (Lipinski definition) is 3. The topological polar surface area (TPSA) is 86.9 Å². The second-order valence-electron chi connectivity index (χ2n) is 4.48. The molecule has 0 radical (unpaired) electrons. The fourth-order valence-corrected chi connectivity index (χ4v) is 2.18. The number of alkyl halides is 2. The molecule has 94 valence electrons. The van der Waals surface area contributed by atoms with E-state index in [9.17, 15) is 13.6 Å². The van der Waals surface area contributed by atoms with Crippen LogP contribution in [0.5, 0.6) is 0 Å². The standard InChI is InChI=1S/C10H14F2N4O/c11-10(12)2-1-6(3-10)4-16-5-7(13)8(15-16)9(14)17/h5-6H,1-4,13H2,(H2,14,17). The van der Waals surface area contributed by atoms with Gasteiger partial charge in [0, 0.05) is 25.6 Å². The van der Waals surface area contributed by atoms with Crippen molar-refractivity contribution in [2.75, 3.05) is 5.73 Å². The third-order valence-electron chi connectivity index (χ3n) is 2.97. The molecule has 1 aromatic heterocycles. The zero-order valence-corrected chi connectivity index (χ0v) is 9.20. The summed E-state index contributed by atoms with van der Waals surface area (Å²) in [4.78, 5) is 10.9. The van der Waals surface area contributed by atoms with Crippen LogP contribution in [0, 0.1) is 5.92 Å². The number of halogens is 2. The highest BCUT2D eigenvalue weighted by Crippen LogP contribution is 2.39. The molecule has 0 saturated heterocycles. The summed E-state index contributed by atoms with van der Waals surface area (Å²) in [6.45, 7) is 0.340. The molecule has 1 unspecified atom stereocenters. The number of nitrogens with zero attached hydrogens (tertiary/aromatic N) is 2. The maximum Gasteiger partial charge on any atom is 0.271 e. The van der Waals surface area contributed by atoms with Gasteiger partial charge in [-0.3, -0.25) is 9.48 Å². The molecule has 1 aromatic rings. The van der Waals surface area contributed by atoms with Gasteiger partial charge in [0.05, 0.1) is 5.69 Å². The highest BCUT2D eigenvalue weighted by Gasteiger charge is 2.39. The van der Waals surface area contributed by atoms with Crippen LogP contribution < -0.4 is 11.5 Å². The van der Waals surface area contributed by atoms with Crippen molar-refractivity contribution in [2.45, 2.75) is 31.7 Å². The lowest BCUT2D eigenvalue weighted by atomic mass is 10.1. The molecule has 5 nitrogen and oxygen atoms in total. The molecule has 0 spiro atoms. The Morgan fingerprint density at radius 3 is 2.82 bits per heavy atom. The predicted octanol–water partition coefficient (Wildman–Crippen LogP) is 1.000. The molecule has 1 saturated carbocycles. The summed E-state index contributed by atoms with van der Waals surface area (Å²) >= 11 is 0. The van der Waals surface area contributed by atoms with Crippen molar-refractivity contribution in [3.05, 3.63) is 11.9 Å². The molecule has 4 N–H and O–H groups in total. The molecule has 7 heteroatoms. The van der Waals surface area contributed by atoms with Gasteiger partial charge in [-0.25, -0.2) is 8.78 Å². The quantitative estimate of drug-likeness (QED) is 0.831. The van der Waals surface area contributed by atoms with Crippen LogP contribution in [0.3, 0.4) is 0 Å². The highest BCUT2D eigenvalue weighted by atomic mass is 19.3. The summed E-state index contributed by atoms with van der Waals surface area (Å²) < 4.78 is 27.4. The number of primary amides is 1. The number of carbonyl (C=O) groups is 1.